The Balaban J connectivity index is 2.20. The quantitative estimate of drug-likeness (QED) is 0.743. The monoisotopic (exact) mass is 374 g/mol. The molecule has 2 rings (SSSR count). The van der Waals surface area contributed by atoms with Crippen molar-refractivity contribution in [2.45, 2.75) is 10.6 Å². The Morgan fingerprint density at radius 2 is 2.05 bits per heavy atom. The number of thioether (sulfide) groups is 1. The Labute approximate surface area is 133 Å². The van der Waals surface area contributed by atoms with Crippen molar-refractivity contribution in [3.63, 3.8) is 0 Å². The Morgan fingerprint density at radius 1 is 1.30 bits per heavy atom. The molecule has 0 saturated carbocycles. The average Bonchev–Trinajstić information content (AvgIpc) is 2.40. The van der Waals surface area contributed by atoms with Gasteiger partial charge in [-0.2, -0.15) is 0 Å². The van der Waals surface area contributed by atoms with Gasteiger partial charge in [0.2, 0.25) is 0 Å². The highest BCUT2D eigenvalue weighted by Gasteiger charge is 2.11. The summed E-state index contributed by atoms with van der Waals surface area (Å²) in [5.41, 5.74) is 1.07. The summed E-state index contributed by atoms with van der Waals surface area (Å²) in [6, 6.07) is 9.46. The van der Waals surface area contributed by atoms with Gasteiger partial charge in [0.05, 0.1) is 10.6 Å². The largest absolute Gasteiger partial charge is 0.478 e. The normalized spacial score (nSPS) is 10.6. The van der Waals surface area contributed by atoms with Crippen molar-refractivity contribution in [1.29, 1.82) is 0 Å². The maximum atomic E-state index is 13.1. The van der Waals surface area contributed by atoms with Gasteiger partial charge in [0.15, 0.2) is 0 Å². The van der Waals surface area contributed by atoms with E-state index in [1.807, 2.05) is 0 Å². The standard InChI is InChI=1S/C14H9BrClFO2S/c15-9-2-3-10(14(18)19)13(6-9)20-7-8-1-4-12(17)11(16)5-8/h1-6H,7H2,(H,18,19). The van der Waals surface area contributed by atoms with Gasteiger partial charge in [-0.1, -0.05) is 33.6 Å². The second-order valence-electron chi connectivity index (χ2n) is 3.98. The summed E-state index contributed by atoms with van der Waals surface area (Å²) in [6.45, 7) is 0. The lowest BCUT2D eigenvalue weighted by Crippen LogP contribution is -1.98. The van der Waals surface area contributed by atoms with Crippen molar-refractivity contribution in [3.8, 4) is 0 Å². The smallest absolute Gasteiger partial charge is 0.336 e. The molecule has 2 nitrogen and oxygen atoms in total. The molecule has 0 unspecified atom stereocenters. The van der Waals surface area contributed by atoms with Crippen molar-refractivity contribution in [2.24, 2.45) is 0 Å². The number of halogens is 3. The minimum atomic E-state index is -0.975. The number of carboxylic acid groups (broad SMARTS) is 1. The summed E-state index contributed by atoms with van der Waals surface area (Å²) in [6.07, 6.45) is 0. The first kappa shape index (κ1) is 15.4. The third kappa shape index (κ3) is 3.75. The summed E-state index contributed by atoms with van der Waals surface area (Å²) >= 11 is 10.4. The van der Waals surface area contributed by atoms with Gasteiger partial charge in [0.1, 0.15) is 5.82 Å². The number of benzene rings is 2. The van der Waals surface area contributed by atoms with E-state index in [-0.39, 0.29) is 10.6 Å². The van der Waals surface area contributed by atoms with Crippen molar-refractivity contribution >= 4 is 45.3 Å². The molecule has 0 aromatic heterocycles. The molecule has 20 heavy (non-hydrogen) atoms. The molecule has 1 N–H and O–H groups in total. The SMILES string of the molecule is O=C(O)c1ccc(Br)cc1SCc1ccc(F)c(Cl)c1. The maximum absolute atomic E-state index is 13.1. The predicted octanol–water partition coefficient (Wildman–Crippen LogP) is 5.23. The zero-order valence-corrected chi connectivity index (χ0v) is 13.2. The van der Waals surface area contributed by atoms with Crippen LogP contribution in [0.2, 0.25) is 5.02 Å². The van der Waals surface area contributed by atoms with Gasteiger partial charge in [-0.05, 0) is 35.9 Å². The highest BCUT2D eigenvalue weighted by Crippen LogP contribution is 2.30. The van der Waals surface area contributed by atoms with Crippen LogP contribution in [-0.2, 0) is 5.75 Å². The minimum Gasteiger partial charge on any atom is -0.478 e. The molecule has 2 aromatic rings. The van der Waals surface area contributed by atoms with Gasteiger partial charge >= 0.3 is 5.97 Å². The van der Waals surface area contributed by atoms with Crippen LogP contribution in [-0.4, -0.2) is 11.1 Å². The molecule has 0 bridgehead atoms. The Kier molecular flexibility index (Phi) is 5.07. The van der Waals surface area contributed by atoms with Crippen LogP contribution in [0.4, 0.5) is 4.39 Å². The van der Waals surface area contributed by atoms with Crippen LogP contribution < -0.4 is 0 Å². The maximum Gasteiger partial charge on any atom is 0.336 e. The van der Waals surface area contributed by atoms with Gasteiger partial charge in [-0.15, -0.1) is 11.8 Å². The number of carbonyl (C=O) groups is 1. The number of hydrogen-bond acceptors (Lipinski definition) is 2. The first-order chi connectivity index (χ1) is 9.47. The number of rotatable bonds is 4. The molecule has 0 aliphatic heterocycles. The van der Waals surface area contributed by atoms with Crippen LogP contribution in [0.5, 0.6) is 0 Å². The molecule has 0 atom stereocenters. The van der Waals surface area contributed by atoms with Gasteiger partial charge in [-0.25, -0.2) is 9.18 Å². The Bertz CT molecular complexity index is 664. The third-order valence-corrected chi connectivity index (χ3v) is 4.46. The molecule has 0 aliphatic carbocycles. The molecule has 0 heterocycles. The lowest BCUT2D eigenvalue weighted by atomic mass is 10.2. The number of aromatic carboxylic acids is 1. The summed E-state index contributed by atoms with van der Waals surface area (Å²) < 4.78 is 13.9. The third-order valence-electron chi connectivity index (χ3n) is 2.55. The molecule has 0 saturated heterocycles. The molecule has 6 heteroatoms. The highest BCUT2D eigenvalue weighted by atomic mass is 79.9. The van der Waals surface area contributed by atoms with E-state index in [0.717, 1.165) is 10.0 Å². The zero-order chi connectivity index (χ0) is 14.7. The lowest BCUT2D eigenvalue weighted by Gasteiger charge is -2.07. The minimum absolute atomic E-state index is 0.0656. The summed E-state index contributed by atoms with van der Waals surface area (Å²) in [7, 11) is 0. The van der Waals surface area contributed by atoms with Crippen LogP contribution >= 0.6 is 39.3 Å². The van der Waals surface area contributed by atoms with Gasteiger partial charge < -0.3 is 5.11 Å². The summed E-state index contributed by atoms with van der Waals surface area (Å²) in [5, 5.41) is 9.20. The molecule has 104 valence electrons. The van der Waals surface area contributed by atoms with E-state index >= 15 is 0 Å². The average molecular weight is 376 g/mol. The van der Waals surface area contributed by atoms with Crippen LogP contribution in [0, 0.1) is 5.82 Å². The van der Waals surface area contributed by atoms with Crippen molar-refractivity contribution in [3.05, 3.63) is 62.8 Å². The molecule has 0 fully saturated rings. The fourth-order valence-electron chi connectivity index (χ4n) is 1.58. The second-order valence-corrected chi connectivity index (χ2v) is 6.32. The summed E-state index contributed by atoms with van der Waals surface area (Å²) in [4.78, 5) is 11.8. The first-order valence-corrected chi connectivity index (χ1v) is 7.72. The molecule has 0 amide bonds. The topological polar surface area (TPSA) is 37.3 Å². The molecule has 2 aromatic carbocycles. The summed E-state index contributed by atoms with van der Waals surface area (Å²) in [5.74, 6) is -0.928. The van der Waals surface area contributed by atoms with E-state index in [0.29, 0.717) is 10.6 Å². The lowest BCUT2D eigenvalue weighted by molar-refractivity contribution is 0.0693. The van der Waals surface area contributed by atoms with Crippen LogP contribution in [0.3, 0.4) is 0 Å². The van der Waals surface area contributed by atoms with E-state index < -0.39 is 11.8 Å². The van der Waals surface area contributed by atoms with Crippen LogP contribution in [0.25, 0.3) is 0 Å². The first-order valence-electron chi connectivity index (χ1n) is 5.57. The van der Waals surface area contributed by atoms with E-state index in [9.17, 15) is 9.18 Å². The van der Waals surface area contributed by atoms with Crippen molar-refractivity contribution in [2.75, 3.05) is 0 Å². The fraction of sp³-hybridized carbons (Fsp3) is 0.0714. The molecule has 0 spiro atoms. The predicted molar refractivity (Wildman–Crippen MR) is 82.1 cm³/mol. The highest BCUT2D eigenvalue weighted by molar-refractivity contribution is 9.10. The molecular formula is C14H9BrClFO2S. The van der Waals surface area contributed by atoms with E-state index in [2.05, 4.69) is 15.9 Å². The number of hydrogen-bond donors (Lipinski definition) is 1. The second kappa shape index (κ2) is 6.61. The van der Waals surface area contributed by atoms with Gasteiger partial charge in [0.25, 0.3) is 0 Å². The fourth-order valence-corrected chi connectivity index (χ4v) is 3.32. The van der Waals surface area contributed by atoms with Crippen molar-refractivity contribution in [1.82, 2.24) is 0 Å². The van der Waals surface area contributed by atoms with E-state index in [4.69, 9.17) is 16.7 Å². The van der Waals surface area contributed by atoms with Crippen LogP contribution in [0.15, 0.2) is 45.8 Å². The van der Waals surface area contributed by atoms with E-state index in [1.165, 1.54) is 17.8 Å². The molecule has 0 radical (unpaired) electrons. The Hall–Kier alpha value is -1.04. The van der Waals surface area contributed by atoms with Crippen LogP contribution in [0.1, 0.15) is 15.9 Å². The van der Waals surface area contributed by atoms with Gasteiger partial charge in [0, 0.05) is 15.1 Å². The molecule has 0 aliphatic rings. The van der Waals surface area contributed by atoms with E-state index in [1.54, 1.807) is 30.3 Å². The Morgan fingerprint density at radius 3 is 2.70 bits per heavy atom. The van der Waals surface area contributed by atoms with Crippen molar-refractivity contribution < 1.29 is 14.3 Å². The molecular weight excluding hydrogens is 367 g/mol. The zero-order valence-electron chi connectivity index (χ0n) is 10.1. The van der Waals surface area contributed by atoms with Gasteiger partial charge in [-0.3, -0.25) is 0 Å². The number of carboxylic acids is 1.